The Kier molecular flexibility index (Phi) is 3.28. The Morgan fingerprint density at radius 3 is 1.90 bits per heavy atom. The third-order valence-electron chi connectivity index (χ3n) is 1.74. The molecular weight excluding hydrogens is 134 g/mol. The lowest BCUT2D eigenvalue weighted by Crippen LogP contribution is -2.29. The standard InChI is InChI=1S/C6H13NO3/c1-4(2)5(3)6(8)7(9)10/h4-6,8H,1-3H3. The molecule has 0 aliphatic heterocycles. The van der Waals surface area contributed by atoms with Crippen molar-refractivity contribution in [2.24, 2.45) is 11.8 Å². The van der Waals surface area contributed by atoms with Crippen LogP contribution >= 0.6 is 0 Å². The minimum atomic E-state index is -1.42. The van der Waals surface area contributed by atoms with Crippen LogP contribution in [0.15, 0.2) is 0 Å². The van der Waals surface area contributed by atoms with Crippen molar-refractivity contribution in [3.8, 4) is 0 Å². The Balaban J connectivity index is 3.94. The minimum absolute atomic E-state index is 0.139. The van der Waals surface area contributed by atoms with Crippen LogP contribution in [0.3, 0.4) is 0 Å². The molecule has 0 aliphatic rings. The molecular formula is C6H13NO3. The van der Waals surface area contributed by atoms with Crippen LogP contribution in [0.1, 0.15) is 20.8 Å². The molecule has 2 unspecified atom stereocenters. The Labute approximate surface area is 60.0 Å². The van der Waals surface area contributed by atoms with Crippen LogP contribution in [0.5, 0.6) is 0 Å². The topological polar surface area (TPSA) is 63.4 Å². The highest BCUT2D eigenvalue weighted by Gasteiger charge is 2.26. The van der Waals surface area contributed by atoms with Crippen LogP contribution in [-0.2, 0) is 0 Å². The van der Waals surface area contributed by atoms with E-state index in [1.165, 1.54) is 0 Å². The highest BCUT2D eigenvalue weighted by Crippen LogP contribution is 2.14. The maximum absolute atomic E-state index is 10.0. The molecule has 60 valence electrons. The second-order valence-electron chi connectivity index (χ2n) is 2.80. The second-order valence-corrected chi connectivity index (χ2v) is 2.80. The van der Waals surface area contributed by atoms with Crippen LogP contribution in [0.4, 0.5) is 0 Å². The Morgan fingerprint density at radius 2 is 1.80 bits per heavy atom. The van der Waals surface area contributed by atoms with Gasteiger partial charge in [-0.3, -0.25) is 10.1 Å². The summed E-state index contributed by atoms with van der Waals surface area (Å²) in [6.45, 7) is 5.35. The van der Waals surface area contributed by atoms with Gasteiger partial charge in [0, 0.05) is 0 Å². The van der Waals surface area contributed by atoms with Gasteiger partial charge in [-0.25, -0.2) is 0 Å². The van der Waals surface area contributed by atoms with Gasteiger partial charge in [0.25, 0.3) is 0 Å². The van der Waals surface area contributed by atoms with E-state index in [0.717, 1.165) is 0 Å². The Hall–Kier alpha value is -0.640. The molecule has 0 amide bonds. The van der Waals surface area contributed by atoms with Gasteiger partial charge >= 0.3 is 6.23 Å². The van der Waals surface area contributed by atoms with Crippen LogP contribution in [0.2, 0.25) is 0 Å². The second kappa shape index (κ2) is 3.51. The zero-order chi connectivity index (χ0) is 8.31. The van der Waals surface area contributed by atoms with Crippen molar-refractivity contribution in [1.29, 1.82) is 0 Å². The number of aliphatic hydroxyl groups excluding tert-OH is 1. The summed E-state index contributed by atoms with van der Waals surface area (Å²) >= 11 is 0. The smallest absolute Gasteiger partial charge is 0.315 e. The van der Waals surface area contributed by atoms with E-state index in [4.69, 9.17) is 5.11 Å². The number of hydrogen-bond donors (Lipinski definition) is 1. The van der Waals surface area contributed by atoms with Crippen LogP contribution < -0.4 is 0 Å². The number of hydrogen-bond acceptors (Lipinski definition) is 3. The summed E-state index contributed by atoms with van der Waals surface area (Å²) in [4.78, 5) is 9.34. The number of rotatable bonds is 3. The minimum Gasteiger partial charge on any atom is -0.333 e. The molecule has 2 atom stereocenters. The van der Waals surface area contributed by atoms with Crippen molar-refractivity contribution < 1.29 is 10.0 Å². The monoisotopic (exact) mass is 147 g/mol. The van der Waals surface area contributed by atoms with Gasteiger partial charge in [-0.1, -0.05) is 20.8 Å². The molecule has 0 saturated heterocycles. The lowest BCUT2D eigenvalue weighted by molar-refractivity contribution is -0.581. The van der Waals surface area contributed by atoms with Gasteiger partial charge < -0.3 is 5.11 Å². The lowest BCUT2D eigenvalue weighted by Gasteiger charge is -2.14. The summed E-state index contributed by atoms with van der Waals surface area (Å²) in [6, 6.07) is 0. The highest BCUT2D eigenvalue weighted by molar-refractivity contribution is 4.58. The number of nitrogens with zero attached hydrogens (tertiary/aromatic N) is 1. The van der Waals surface area contributed by atoms with Gasteiger partial charge in [0.2, 0.25) is 0 Å². The van der Waals surface area contributed by atoms with Gasteiger partial charge in [0.05, 0.1) is 10.8 Å². The molecule has 0 aromatic heterocycles. The molecule has 0 rings (SSSR count). The largest absolute Gasteiger partial charge is 0.333 e. The number of nitro groups is 1. The summed E-state index contributed by atoms with van der Waals surface area (Å²) in [7, 11) is 0. The maximum Gasteiger partial charge on any atom is 0.315 e. The molecule has 0 aromatic carbocycles. The first kappa shape index (κ1) is 9.36. The molecule has 4 nitrogen and oxygen atoms in total. The van der Waals surface area contributed by atoms with Crippen molar-refractivity contribution in [3.05, 3.63) is 10.1 Å². The Morgan fingerprint density at radius 1 is 1.40 bits per heavy atom. The molecule has 0 spiro atoms. The van der Waals surface area contributed by atoms with Crippen molar-refractivity contribution in [1.82, 2.24) is 0 Å². The first-order valence-corrected chi connectivity index (χ1v) is 3.28. The molecule has 0 aliphatic carbocycles. The van der Waals surface area contributed by atoms with Crippen LogP contribution in [0, 0.1) is 22.0 Å². The SMILES string of the molecule is CC(C)C(C)C(O)[N+](=O)[O-]. The molecule has 0 aromatic rings. The van der Waals surface area contributed by atoms with E-state index in [0.29, 0.717) is 0 Å². The van der Waals surface area contributed by atoms with Crippen molar-refractivity contribution in [2.45, 2.75) is 27.0 Å². The normalized spacial score (nSPS) is 16.9. The van der Waals surface area contributed by atoms with Crippen molar-refractivity contribution >= 4 is 0 Å². The number of aliphatic hydroxyl groups is 1. The molecule has 1 N–H and O–H groups in total. The molecule has 0 saturated carbocycles. The summed E-state index contributed by atoms with van der Waals surface area (Å²) in [6.07, 6.45) is -1.42. The van der Waals surface area contributed by atoms with Gasteiger partial charge in [-0.2, -0.15) is 0 Å². The molecule has 0 radical (unpaired) electrons. The zero-order valence-corrected chi connectivity index (χ0v) is 6.44. The van der Waals surface area contributed by atoms with E-state index in [1.807, 2.05) is 13.8 Å². The van der Waals surface area contributed by atoms with E-state index < -0.39 is 11.2 Å². The third-order valence-corrected chi connectivity index (χ3v) is 1.74. The summed E-state index contributed by atoms with van der Waals surface area (Å²) in [5, 5.41) is 18.9. The van der Waals surface area contributed by atoms with Crippen LogP contribution in [-0.4, -0.2) is 16.3 Å². The van der Waals surface area contributed by atoms with Gasteiger partial charge in [-0.05, 0) is 5.92 Å². The molecule has 0 fully saturated rings. The fraction of sp³-hybridized carbons (Fsp3) is 1.00. The van der Waals surface area contributed by atoms with Gasteiger partial charge in [0.1, 0.15) is 0 Å². The maximum atomic E-state index is 10.0. The van der Waals surface area contributed by atoms with Gasteiger partial charge in [0.15, 0.2) is 0 Å². The van der Waals surface area contributed by atoms with Crippen LogP contribution in [0.25, 0.3) is 0 Å². The van der Waals surface area contributed by atoms with E-state index in [9.17, 15) is 10.1 Å². The van der Waals surface area contributed by atoms with Gasteiger partial charge in [-0.15, -0.1) is 0 Å². The van der Waals surface area contributed by atoms with E-state index in [2.05, 4.69) is 0 Å². The molecule has 0 bridgehead atoms. The zero-order valence-electron chi connectivity index (χ0n) is 6.44. The van der Waals surface area contributed by atoms with E-state index in [-0.39, 0.29) is 11.8 Å². The average Bonchev–Trinajstić information content (AvgIpc) is 1.84. The van der Waals surface area contributed by atoms with E-state index >= 15 is 0 Å². The summed E-state index contributed by atoms with van der Waals surface area (Å²) in [5.41, 5.74) is 0. The van der Waals surface area contributed by atoms with Crippen molar-refractivity contribution in [2.75, 3.05) is 0 Å². The third kappa shape index (κ3) is 2.31. The fourth-order valence-electron chi connectivity index (χ4n) is 0.536. The molecule has 0 heterocycles. The average molecular weight is 147 g/mol. The van der Waals surface area contributed by atoms with E-state index in [1.54, 1.807) is 6.92 Å². The first-order valence-electron chi connectivity index (χ1n) is 3.28. The van der Waals surface area contributed by atoms with Crippen molar-refractivity contribution in [3.63, 3.8) is 0 Å². The fourth-order valence-corrected chi connectivity index (χ4v) is 0.536. The predicted octanol–water partition coefficient (Wildman–Crippen LogP) is 0.874. The Bertz CT molecular complexity index is 124. The lowest BCUT2D eigenvalue weighted by atomic mass is 9.97. The highest BCUT2D eigenvalue weighted by atomic mass is 16.7. The summed E-state index contributed by atoms with van der Waals surface area (Å²) < 4.78 is 0. The summed E-state index contributed by atoms with van der Waals surface area (Å²) in [5.74, 6) is -0.143. The predicted molar refractivity (Wildman–Crippen MR) is 37.0 cm³/mol. The quantitative estimate of drug-likeness (QED) is 0.366. The molecule has 4 heteroatoms. The molecule has 10 heavy (non-hydrogen) atoms. The first-order chi connectivity index (χ1) is 4.46.